The fraction of sp³-hybridized carbons (Fsp3) is 0.429. The molecule has 0 aromatic heterocycles. The molecule has 0 atom stereocenters. The fourth-order valence-electron chi connectivity index (χ4n) is 0.884. The van der Waals surface area contributed by atoms with E-state index in [-0.39, 0.29) is 0 Å². The standard InChI is InChI=1S/C7H7F3S/c8-7(9,10)5-2-1-3-6(11)4-5/h2,4,11H,1,3H2. The molecule has 62 valence electrons. The third kappa shape index (κ3) is 2.29. The maximum Gasteiger partial charge on any atom is 0.416 e. The van der Waals surface area contributed by atoms with Gasteiger partial charge in [0.25, 0.3) is 0 Å². The van der Waals surface area contributed by atoms with Crippen molar-refractivity contribution >= 4 is 12.6 Å². The Balaban J connectivity index is 2.82. The van der Waals surface area contributed by atoms with E-state index in [1.165, 1.54) is 6.08 Å². The van der Waals surface area contributed by atoms with E-state index < -0.39 is 11.7 Å². The summed E-state index contributed by atoms with van der Waals surface area (Å²) in [5, 5.41) is 0. The SMILES string of the molecule is FC(F)(F)C1=CCCC(S)=C1. The summed E-state index contributed by atoms with van der Waals surface area (Å²) in [4.78, 5) is 0.500. The van der Waals surface area contributed by atoms with Gasteiger partial charge in [0, 0.05) is 0 Å². The van der Waals surface area contributed by atoms with Crippen molar-refractivity contribution in [3.8, 4) is 0 Å². The Morgan fingerprint density at radius 2 is 2.00 bits per heavy atom. The molecule has 0 bridgehead atoms. The van der Waals surface area contributed by atoms with E-state index in [1.54, 1.807) is 0 Å². The summed E-state index contributed by atoms with van der Waals surface area (Å²) in [6.07, 6.45) is -0.895. The zero-order valence-corrected chi connectivity index (χ0v) is 6.54. The van der Waals surface area contributed by atoms with E-state index in [9.17, 15) is 13.2 Å². The van der Waals surface area contributed by atoms with Crippen molar-refractivity contribution in [2.24, 2.45) is 0 Å². The molecular formula is C7H7F3S. The molecule has 0 amide bonds. The first-order valence-corrected chi connectivity index (χ1v) is 3.62. The lowest BCUT2D eigenvalue weighted by Crippen LogP contribution is -2.11. The van der Waals surface area contributed by atoms with E-state index in [1.807, 2.05) is 0 Å². The van der Waals surface area contributed by atoms with E-state index in [0.717, 1.165) is 6.08 Å². The average Bonchev–Trinajstić information content (AvgIpc) is 1.86. The summed E-state index contributed by atoms with van der Waals surface area (Å²) in [5.74, 6) is 0. The van der Waals surface area contributed by atoms with E-state index in [2.05, 4.69) is 12.6 Å². The largest absolute Gasteiger partial charge is 0.416 e. The maximum absolute atomic E-state index is 12.0. The van der Waals surface area contributed by atoms with Crippen LogP contribution in [0.2, 0.25) is 0 Å². The summed E-state index contributed by atoms with van der Waals surface area (Å²) in [6.45, 7) is 0. The van der Waals surface area contributed by atoms with Gasteiger partial charge < -0.3 is 0 Å². The molecule has 0 unspecified atom stereocenters. The number of alkyl halides is 3. The topological polar surface area (TPSA) is 0 Å². The number of rotatable bonds is 0. The summed E-state index contributed by atoms with van der Waals surface area (Å²) >= 11 is 3.87. The summed E-state index contributed by atoms with van der Waals surface area (Å²) in [7, 11) is 0. The number of halogens is 3. The molecule has 1 aliphatic rings. The van der Waals surface area contributed by atoms with Crippen molar-refractivity contribution in [2.45, 2.75) is 19.0 Å². The predicted molar refractivity (Wildman–Crippen MR) is 40.4 cm³/mol. The molecule has 1 aliphatic carbocycles. The van der Waals surface area contributed by atoms with Gasteiger partial charge in [-0.3, -0.25) is 0 Å². The molecule has 0 fully saturated rings. The van der Waals surface area contributed by atoms with Gasteiger partial charge in [-0.25, -0.2) is 0 Å². The fourth-order valence-corrected chi connectivity index (χ4v) is 1.15. The van der Waals surface area contributed by atoms with Crippen molar-refractivity contribution in [1.29, 1.82) is 0 Å². The van der Waals surface area contributed by atoms with Gasteiger partial charge in [-0.05, 0) is 23.8 Å². The van der Waals surface area contributed by atoms with Crippen LogP contribution in [-0.4, -0.2) is 6.18 Å². The summed E-state index contributed by atoms with van der Waals surface area (Å²) < 4.78 is 35.9. The van der Waals surface area contributed by atoms with Crippen LogP contribution in [0.5, 0.6) is 0 Å². The third-order valence-corrected chi connectivity index (χ3v) is 1.77. The molecule has 0 N–H and O–H groups in total. The lowest BCUT2D eigenvalue weighted by Gasteiger charge is -2.12. The van der Waals surface area contributed by atoms with Gasteiger partial charge in [0.1, 0.15) is 0 Å². The second kappa shape index (κ2) is 2.93. The first-order valence-electron chi connectivity index (χ1n) is 3.17. The van der Waals surface area contributed by atoms with Crippen molar-refractivity contribution in [3.05, 3.63) is 22.6 Å². The van der Waals surface area contributed by atoms with Crippen LogP contribution in [0.3, 0.4) is 0 Å². The molecule has 0 radical (unpaired) electrons. The van der Waals surface area contributed by atoms with Gasteiger partial charge in [-0.15, -0.1) is 12.6 Å². The lowest BCUT2D eigenvalue weighted by atomic mass is 10.1. The van der Waals surface area contributed by atoms with Crippen molar-refractivity contribution in [3.63, 3.8) is 0 Å². The third-order valence-electron chi connectivity index (χ3n) is 1.41. The van der Waals surface area contributed by atoms with Crippen LogP contribution in [0.1, 0.15) is 12.8 Å². The van der Waals surface area contributed by atoms with Crippen LogP contribution in [0.4, 0.5) is 13.2 Å². The molecule has 0 nitrogen and oxygen atoms in total. The number of hydrogen-bond acceptors (Lipinski definition) is 1. The highest BCUT2D eigenvalue weighted by atomic mass is 32.1. The van der Waals surface area contributed by atoms with Gasteiger partial charge in [0.05, 0.1) is 5.57 Å². The summed E-state index contributed by atoms with van der Waals surface area (Å²) in [5.41, 5.74) is -0.575. The minimum Gasteiger partial charge on any atom is -0.166 e. The van der Waals surface area contributed by atoms with Crippen LogP contribution in [0.15, 0.2) is 22.6 Å². The Kier molecular flexibility index (Phi) is 2.32. The van der Waals surface area contributed by atoms with Gasteiger partial charge >= 0.3 is 6.18 Å². The Morgan fingerprint density at radius 3 is 2.36 bits per heavy atom. The van der Waals surface area contributed by atoms with Crippen LogP contribution in [-0.2, 0) is 0 Å². The summed E-state index contributed by atoms with van der Waals surface area (Å²) in [6, 6.07) is 0. The average molecular weight is 180 g/mol. The monoisotopic (exact) mass is 180 g/mol. The Bertz CT molecular complexity index is 212. The first-order chi connectivity index (χ1) is 5.00. The molecule has 0 aromatic rings. The number of hydrogen-bond donors (Lipinski definition) is 1. The first kappa shape index (κ1) is 8.71. The van der Waals surface area contributed by atoms with Gasteiger partial charge in [-0.2, -0.15) is 13.2 Å². The molecule has 0 heterocycles. The molecule has 0 aliphatic heterocycles. The van der Waals surface area contributed by atoms with E-state index >= 15 is 0 Å². The quantitative estimate of drug-likeness (QED) is 0.544. The number of thiol groups is 1. The van der Waals surface area contributed by atoms with Crippen LogP contribution >= 0.6 is 12.6 Å². The van der Waals surface area contributed by atoms with Crippen molar-refractivity contribution in [1.82, 2.24) is 0 Å². The Morgan fingerprint density at radius 1 is 1.36 bits per heavy atom. The predicted octanol–water partition coefficient (Wildman–Crippen LogP) is 3.08. The highest BCUT2D eigenvalue weighted by Gasteiger charge is 2.32. The molecule has 0 saturated heterocycles. The van der Waals surface area contributed by atoms with Crippen LogP contribution in [0.25, 0.3) is 0 Å². The van der Waals surface area contributed by atoms with Gasteiger partial charge in [0.2, 0.25) is 0 Å². The minimum atomic E-state index is -4.21. The minimum absolute atomic E-state index is 0.435. The molecule has 0 saturated carbocycles. The Hall–Kier alpha value is -0.380. The van der Waals surface area contributed by atoms with E-state index in [4.69, 9.17) is 0 Å². The smallest absolute Gasteiger partial charge is 0.166 e. The lowest BCUT2D eigenvalue weighted by molar-refractivity contribution is -0.0886. The van der Waals surface area contributed by atoms with Gasteiger partial charge in [0.15, 0.2) is 0 Å². The number of allylic oxidation sites excluding steroid dienone is 4. The Labute approximate surface area is 68.2 Å². The highest BCUT2D eigenvalue weighted by molar-refractivity contribution is 7.84. The van der Waals surface area contributed by atoms with Crippen molar-refractivity contribution in [2.75, 3.05) is 0 Å². The van der Waals surface area contributed by atoms with Crippen LogP contribution in [0, 0.1) is 0 Å². The molecular weight excluding hydrogens is 173 g/mol. The van der Waals surface area contributed by atoms with Gasteiger partial charge in [-0.1, -0.05) is 6.08 Å². The molecule has 11 heavy (non-hydrogen) atoms. The molecule has 4 heteroatoms. The highest BCUT2D eigenvalue weighted by Crippen LogP contribution is 2.32. The molecule has 1 rings (SSSR count). The van der Waals surface area contributed by atoms with E-state index in [0.29, 0.717) is 17.7 Å². The zero-order valence-electron chi connectivity index (χ0n) is 5.65. The van der Waals surface area contributed by atoms with Crippen molar-refractivity contribution < 1.29 is 13.2 Å². The van der Waals surface area contributed by atoms with Crippen LogP contribution < -0.4 is 0 Å². The second-order valence-electron chi connectivity index (χ2n) is 2.33. The zero-order chi connectivity index (χ0) is 8.48. The molecule has 0 aromatic carbocycles. The normalized spacial score (nSPS) is 19.3. The second-order valence-corrected chi connectivity index (χ2v) is 2.91. The molecule has 0 spiro atoms. The maximum atomic E-state index is 12.0.